The molecule has 2 heterocycles. The fraction of sp³-hybridized carbons (Fsp3) is 0.583. The number of piperazine rings is 1. The third-order valence-corrected chi connectivity index (χ3v) is 3.71. The third-order valence-electron chi connectivity index (χ3n) is 2.98. The highest BCUT2D eigenvalue weighted by molar-refractivity contribution is 7.13. The number of aromatic nitrogens is 1. The van der Waals surface area contributed by atoms with Crippen LogP contribution in [0.3, 0.4) is 0 Å². The Kier molecular flexibility index (Phi) is 5.16. The zero-order valence-corrected chi connectivity index (χ0v) is 12.2. The molecule has 1 aromatic heterocycles. The fourth-order valence-corrected chi connectivity index (χ4v) is 2.45. The van der Waals surface area contributed by atoms with Gasteiger partial charge in [-0.25, -0.2) is 9.78 Å². The van der Waals surface area contributed by atoms with Crippen LogP contribution in [-0.4, -0.2) is 66.1 Å². The minimum Gasteiger partial charge on any atom is -0.450 e. The van der Waals surface area contributed by atoms with Gasteiger partial charge in [-0.15, -0.1) is 11.3 Å². The average Bonchev–Trinajstić information content (AvgIpc) is 2.98. The normalized spacial score (nSPS) is 15.1. The molecule has 1 saturated heterocycles. The number of rotatable bonds is 4. The van der Waals surface area contributed by atoms with Gasteiger partial charge in [-0.05, 0) is 6.92 Å². The lowest BCUT2D eigenvalue weighted by molar-refractivity contribution is -0.130. The third kappa shape index (κ3) is 3.83. The van der Waals surface area contributed by atoms with Crippen molar-refractivity contribution in [1.82, 2.24) is 14.8 Å². The first-order valence-corrected chi connectivity index (χ1v) is 7.41. The summed E-state index contributed by atoms with van der Waals surface area (Å²) in [5.74, 6) is 0.0173. The van der Waals surface area contributed by atoms with Crippen molar-refractivity contribution in [2.75, 3.05) is 44.6 Å². The lowest BCUT2D eigenvalue weighted by atomic mass is 10.3. The highest BCUT2D eigenvalue weighted by atomic mass is 32.1. The second kappa shape index (κ2) is 7.09. The van der Waals surface area contributed by atoms with Crippen LogP contribution >= 0.6 is 11.3 Å². The number of amides is 2. The number of ether oxygens (including phenoxy) is 1. The Morgan fingerprint density at radius 1 is 1.35 bits per heavy atom. The number of nitrogens with zero attached hydrogens (tertiary/aromatic N) is 3. The maximum absolute atomic E-state index is 12.0. The molecule has 1 aliphatic rings. The summed E-state index contributed by atoms with van der Waals surface area (Å²) >= 11 is 1.46. The molecule has 2 rings (SSSR count). The van der Waals surface area contributed by atoms with E-state index < -0.39 is 0 Å². The molecule has 0 atom stereocenters. The summed E-state index contributed by atoms with van der Waals surface area (Å²) in [7, 11) is 0. The number of carbonyl (C=O) groups excluding carboxylic acids is 2. The van der Waals surface area contributed by atoms with Crippen LogP contribution in [0.25, 0.3) is 0 Å². The van der Waals surface area contributed by atoms with Crippen LogP contribution in [0.15, 0.2) is 11.6 Å². The first-order valence-electron chi connectivity index (χ1n) is 6.53. The molecule has 0 unspecified atom stereocenters. The SMILES string of the molecule is CCOC(=O)N1CCN(C(=O)CNc2nccs2)CC1. The second-order valence-corrected chi connectivity index (χ2v) is 5.15. The van der Waals surface area contributed by atoms with E-state index in [1.54, 1.807) is 22.9 Å². The summed E-state index contributed by atoms with van der Waals surface area (Å²) < 4.78 is 4.94. The van der Waals surface area contributed by atoms with Crippen molar-refractivity contribution >= 4 is 28.5 Å². The van der Waals surface area contributed by atoms with E-state index >= 15 is 0 Å². The van der Waals surface area contributed by atoms with E-state index in [4.69, 9.17) is 4.74 Å². The van der Waals surface area contributed by atoms with Crippen LogP contribution in [0.2, 0.25) is 0 Å². The Labute approximate surface area is 121 Å². The van der Waals surface area contributed by atoms with E-state index in [0.29, 0.717) is 32.8 Å². The monoisotopic (exact) mass is 298 g/mol. The molecule has 2 amide bonds. The lowest BCUT2D eigenvalue weighted by Gasteiger charge is -2.34. The molecule has 110 valence electrons. The van der Waals surface area contributed by atoms with Gasteiger partial charge in [-0.1, -0.05) is 0 Å². The first-order chi connectivity index (χ1) is 9.70. The molecule has 0 bridgehead atoms. The van der Waals surface area contributed by atoms with Gasteiger partial charge in [-0.3, -0.25) is 4.79 Å². The topological polar surface area (TPSA) is 74.8 Å². The van der Waals surface area contributed by atoms with Gasteiger partial charge in [0.15, 0.2) is 5.13 Å². The minimum absolute atomic E-state index is 0.0173. The quantitative estimate of drug-likeness (QED) is 0.892. The van der Waals surface area contributed by atoms with Crippen LogP contribution in [0.1, 0.15) is 6.92 Å². The Bertz CT molecular complexity index is 444. The van der Waals surface area contributed by atoms with Gasteiger partial charge in [0.05, 0.1) is 13.2 Å². The molecule has 0 radical (unpaired) electrons. The zero-order chi connectivity index (χ0) is 14.4. The van der Waals surface area contributed by atoms with E-state index in [0.717, 1.165) is 5.13 Å². The molecule has 0 spiro atoms. The summed E-state index contributed by atoms with van der Waals surface area (Å²) in [6.07, 6.45) is 1.38. The summed E-state index contributed by atoms with van der Waals surface area (Å²) in [4.78, 5) is 31.0. The Morgan fingerprint density at radius 3 is 2.65 bits per heavy atom. The highest BCUT2D eigenvalue weighted by Gasteiger charge is 2.24. The molecular weight excluding hydrogens is 280 g/mol. The number of thiazole rings is 1. The number of hydrogen-bond donors (Lipinski definition) is 1. The van der Waals surface area contributed by atoms with Crippen molar-refractivity contribution in [3.05, 3.63) is 11.6 Å². The molecule has 7 nitrogen and oxygen atoms in total. The van der Waals surface area contributed by atoms with Crippen LogP contribution in [0.4, 0.5) is 9.93 Å². The highest BCUT2D eigenvalue weighted by Crippen LogP contribution is 2.10. The van der Waals surface area contributed by atoms with Crippen LogP contribution < -0.4 is 5.32 Å². The van der Waals surface area contributed by atoms with E-state index in [1.165, 1.54) is 11.3 Å². The molecule has 20 heavy (non-hydrogen) atoms. The predicted octanol–water partition coefficient (Wildman–Crippen LogP) is 0.856. The van der Waals surface area contributed by atoms with E-state index in [2.05, 4.69) is 10.3 Å². The van der Waals surface area contributed by atoms with Gasteiger partial charge in [-0.2, -0.15) is 0 Å². The molecule has 1 aromatic rings. The van der Waals surface area contributed by atoms with Gasteiger partial charge in [0.25, 0.3) is 0 Å². The summed E-state index contributed by atoms with van der Waals surface area (Å²) in [6, 6.07) is 0. The zero-order valence-electron chi connectivity index (χ0n) is 11.4. The largest absolute Gasteiger partial charge is 0.450 e. The molecule has 0 aromatic carbocycles. The van der Waals surface area contributed by atoms with Crippen LogP contribution in [0, 0.1) is 0 Å². The van der Waals surface area contributed by atoms with Crippen molar-refractivity contribution in [3.8, 4) is 0 Å². The van der Waals surface area contributed by atoms with E-state index in [-0.39, 0.29) is 18.5 Å². The average molecular weight is 298 g/mol. The number of hydrogen-bond acceptors (Lipinski definition) is 6. The standard InChI is InChI=1S/C12H18N4O3S/c1-2-19-12(18)16-6-4-15(5-7-16)10(17)9-14-11-13-3-8-20-11/h3,8H,2,4-7,9H2,1H3,(H,13,14). The fourth-order valence-electron chi connectivity index (χ4n) is 1.93. The smallest absolute Gasteiger partial charge is 0.409 e. The van der Waals surface area contributed by atoms with Crippen molar-refractivity contribution in [2.45, 2.75) is 6.92 Å². The van der Waals surface area contributed by atoms with Crippen LogP contribution in [0.5, 0.6) is 0 Å². The summed E-state index contributed by atoms with van der Waals surface area (Å²) in [6.45, 7) is 4.49. The summed E-state index contributed by atoms with van der Waals surface area (Å²) in [5.41, 5.74) is 0. The Hall–Kier alpha value is -1.83. The van der Waals surface area contributed by atoms with Crippen molar-refractivity contribution in [1.29, 1.82) is 0 Å². The van der Waals surface area contributed by atoms with Crippen molar-refractivity contribution in [3.63, 3.8) is 0 Å². The van der Waals surface area contributed by atoms with E-state index in [9.17, 15) is 9.59 Å². The predicted molar refractivity (Wildman–Crippen MR) is 75.8 cm³/mol. The molecule has 0 aliphatic carbocycles. The Balaban J connectivity index is 1.73. The van der Waals surface area contributed by atoms with Gasteiger partial charge in [0, 0.05) is 37.8 Å². The van der Waals surface area contributed by atoms with E-state index in [1.807, 2.05) is 5.38 Å². The molecule has 8 heteroatoms. The maximum Gasteiger partial charge on any atom is 0.409 e. The molecule has 1 aliphatic heterocycles. The van der Waals surface area contributed by atoms with Crippen molar-refractivity contribution < 1.29 is 14.3 Å². The van der Waals surface area contributed by atoms with Gasteiger partial charge in [0.1, 0.15) is 0 Å². The van der Waals surface area contributed by atoms with Gasteiger partial charge in [0.2, 0.25) is 5.91 Å². The Morgan fingerprint density at radius 2 is 2.05 bits per heavy atom. The summed E-state index contributed by atoms with van der Waals surface area (Å²) in [5, 5.41) is 5.58. The molecular formula is C12H18N4O3S. The second-order valence-electron chi connectivity index (χ2n) is 4.26. The van der Waals surface area contributed by atoms with Gasteiger partial charge < -0.3 is 19.9 Å². The van der Waals surface area contributed by atoms with Gasteiger partial charge >= 0.3 is 6.09 Å². The maximum atomic E-state index is 12.0. The first kappa shape index (κ1) is 14.6. The van der Waals surface area contributed by atoms with Crippen molar-refractivity contribution in [2.24, 2.45) is 0 Å². The molecule has 1 N–H and O–H groups in total. The molecule has 1 fully saturated rings. The molecule has 0 saturated carbocycles. The number of carbonyl (C=O) groups is 2. The number of anilines is 1. The lowest BCUT2D eigenvalue weighted by Crippen LogP contribution is -2.51. The number of nitrogens with one attached hydrogen (secondary N) is 1. The minimum atomic E-state index is -0.305. The van der Waals surface area contributed by atoms with Crippen LogP contribution in [-0.2, 0) is 9.53 Å².